The third kappa shape index (κ3) is 3.77. The lowest BCUT2D eigenvalue weighted by atomic mass is 10.4. The minimum Gasteiger partial charge on any atom is -0.397 e. The first-order valence-electron chi connectivity index (χ1n) is 4.13. The van der Waals surface area contributed by atoms with Gasteiger partial charge < -0.3 is 11.1 Å². The van der Waals surface area contributed by atoms with E-state index in [1.165, 1.54) is 17.6 Å². The number of nitrogens with one attached hydrogen (secondary N) is 1. The van der Waals surface area contributed by atoms with Gasteiger partial charge >= 0.3 is 0 Å². The van der Waals surface area contributed by atoms with E-state index >= 15 is 0 Å². The van der Waals surface area contributed by atoms with E-state index in [4.69, 9.17) is 11.0 Å². The monoisotopic (exact) mass is 245 g/mol. The summed E-state index contributed by atoms with van der Waals surface area (Å²) in [5, 5.41) is 12.3. The lowest BCUT2D eigenvalue weighted by Gasteiger charge is -2.00. The molecule has 82 valence electrons. The topological polar surface area (TPSA) is 96.0 Å². The van der Waals surface area contributed by atoms with Gasteiger partial charge in [0.25, 0.3) is 0 Å². The van der Waals surface area contributed by atoms with Crippen LogP contribution in [0.2, 0.25) is 0 Å². The molecule has 0 bridgehead atoms. The zero-order chi connectivity index (χ0) is 11.5. The number of hydrogen-bond acceptors (Lipinski definition) is 6. The highest BCUT2D eigenvalue weighted by atomic mass is 32.2. The Morgan fingerprint density at radius 1 is 1.67 bits per heavy atom. The second-order valence-electron chi connectivity index (χ2n) is 3.06. The molecular weight excluding hydrogens is 234 g/mol. The minimum atomic E-state index is -2.96. The van der Waals surface area contributed by atoms with Gasteiger partial charge in [-0.1, -0.05) is 0 Å². The van der Waals surface area contributed by atoms with Gasteiger partial charge in [-0.05, 0) is 6.07 Å². The van der Waals surface area contributed by atoms with Crippen LogP contribution in [0, 0.1) is 11.3 Å². The Labute approximate surface area is 92.4 Å². The number of nitrogen functional groups attached to an aromatic ring is 1. The molecule has 0 fully saturated rings. The minimum absolute atomic E-state index is 0.0622. The quantitative estimate of drug-likeness (QED) is 0.812. The number of thiophene rings is 1. The normalized spacial score (nSPS) is 10.9. The molecule has 0 aliphatic heterocycles. The molecule has 0 saturated carbocycles. The van der Waals surface area contributed by atoms with Crippen LogP contribution < -0.4 is 11.1 Å². The van der Waals surface area contributed by atoms with Gasteiger partial charge in [0.2, 0.25) is 0 Å². The fraction of sp³-hybridized carbons (Fsp3) is 0.375. The molecule has 7 heteroatoms. The zero-order valence-corrected chi connectivity index (χ0v) is 9.78. The van der Waals surface area contributed by atoms with Crippen LogP contribution in [-0.4, -0.2) is 27.0 Å². The van der Waals surface area contributed by atoms with Gasteiger partial charge in [0.15, 0.2) is 0 Å². The zero-order valence-electron chi connectivity index (χ0n) is 8.15. The Kier molecular flexibility index (Phi) is 3.55. The average Bonchev–Trinajstić information content (AvgIpc) is 2.44. The van der Waals surface area contributed by atoms with E-state index in [0.29, 0.717) is 22.1 Å². The number of sulfone groups is 1. The van der Waals surface area contributed by atoms with Gasteiger partial charge in [-0.25, -0.2) is 8.42 Å². The molecule has 0 atom stereocenters. The highest BCUT2D eigenvalue weighted by Gasteiger charge is 2.06. The largest absolute Gasteiger partial charge is 0.397 e. The van der Waals surface area contributed by atoms with E-state index in [-0.39, 0.29) is 5.75 Å². The van der Waals surface area contributed by atoms with Gasteiger partial charge in [0.05, 0.1) is 16.4 Å². The Bertz CT molecular complexity index is 484. The molecule has 0 aromatic carbocycles. The van der Waals surface area contributed by atoms with Gasteiger partial charge in [-0.2, -0.15) is 5.26 Å². The third-order valence-corrected chi connectivity index (χ3v) is 3.59. The fourth-order valence-electron chi connectivity index (χ4n) is 0.939. The Morgan fingerprint density at radius 3 is 2.80 bits per heavy atom. The van der Waals surface area contributed by atoms with E-state index < -0.39 is 9.84 Å². The predicted molar refractivity (Wildman–Crippen MR) is 61.6 cm³/mol. The first kappa shape index (κ1) is 11.8. The summed E-state index contributed by atoms with van der Waals surface area (Å²) < 4.78 is 21.7. The Morgan fingerprint density at radius 2 is 2.33 bits per heavy atom. The SMILES string of the molecule is CS(=O)(=O)CCNc1cc(N)c(C#N)s1. The summed E-state index contributed by atoms with van der Waals surface area (Å²) in [6.45, 7) is 0.323. The third-order valence-electron chi connectivity index (χ3n) is 1.63. The first-order chi connectivity index (χ1) is 6.92. The second kappa shape index (κ2) is 4.51. The average molecular weight is 245 g/mol. The summed E-state index contributed by atoms with van der Waals surface area (Å²) in [6.07, 6.45) is 1.18. The summed E-state index contributed by atoms with van der Waals surface area (Å²) in [5.74, 6) is 0.0622. The molecule has 0 radical (unpaired) electrons. The Balaban J connectivity index is 2.56. The lowest BCUT2D eigenvalue weighted by molar-refractivity contribution is 0.602. The van der Waals surface area contributed by atoms with E-state index in [0.717, 1.165) is 0 Å². The van der Waals surface area contributed by atoms with Crippen molar-refractivity contribution in [2.24, 2.45) is 0 Å². The van der Waals surface area contributed by atoms with Crippen LogP contribution in [0.5, 0.6) is 0 Å². The molecule has 0 aliphatic carbocycles. The number of hydrogen-bond donors (Lipinski definition) is 2. The molecule has 0 unspecified atom stereocenters. The van der Waals surface area contributed by atoms with Crippen molar-refractivity contribution in [3.05, 3.63) is 10.9 Å². The molecule has 0 spiro atoms. The van der Waals surface area contributed by atoms with Crippen molar-refractivity contribution in [1.29, 1.82) is 5.26 Å². The smallest absolute Gasteiger partial charge is 0.149 e. The van der Waals surface area contributed by atoms with Gasteiger partial charge in [0.1, 0.15) is 20.8 Å². The Hall–Kier alpha value is -1.26. The van der Waals surface area contributed by atoms with Crippen LogP contribution in [0.25, 0.3) is 0 Å². The number of nitriles is 1. The van der Waals surface area contributed by atoms with Crippen LogP contribution in [0.15, 0.2) is 6.07 Å². The van der Waals surface area contributed by atoms with Crippen molar-refractivity contribution in [1.82, 2.24) is 0 Å². The highest BCUT2D eigenvalue weighted by Crippen LogP contribution is 2.27. The number of nitrogens with two attached hydrogens (primary N) is 1. The summed E-state index contributed by atoms with van der Waals surface area (Å²) in [6, 6.07) is 3.59. The molecular formula is C8H11N3O2S2. The van der Waals surface area contributed by atoms with Crippen molar-refractivity contribution in [3.8, 4) is 6.07 Å². The van der Waals surface area contributed by atoms with E-state index in [1.807, 2.05) is 6.07 Å². The number of nitrogens with zero attached hydrogens (tertiary/aromatic N) is 1. The van der Waals surface area contributed by atoms with E-state index in [2.05, 4.69) is 5.32 Å². The molecule has 3 N–H and O–H groups in total. The summed E-state index contributed by atoms with van der Waals surface area (Å²) in [7, 11) is -2.96. The molecule has 15 heavy (non-hydrogen) atoms. The maximum Gasteiger partial charge on any atom is 0.149 e. The highest BCUT2D eigenvalue weighted by molar-refractivity contribution is 7.90. The summed E-state index contributed by atoms with van der Waals surface area (Å²) in [4.78, 5) is 0.442. The molecule has 0 aliphatic rings. The van der Waals surface area contributed by atoms with E-state index in [1.54, 1.807) is 6.07 Å². The van der Waals surface area contributed by atoms with Crippen LogP contribution >= 0.6 is 11.3 Å². The molecule has 1 rings (SSSR count). The fourth-order valence-corrected chi connectivity index (χ4v) is 2.21. The lowest BCUT2D eigenvalue weighted by Crippen LogP contribution is -2.13. The first-order valence-corrected chi connectivity index (χ1v) is 7.01. The standard InChI is InChI=1S/C8H11N3O2S2/c1-15(12,13)3-2-11-8-4-6(10)7(5-9)14-8/h4,11H,2-3,10H2,1H3. The van der Waals surface area contributed by atoms with E-state index in [9.17, 15) is 8.42 Å². The van der Waals surface area contributed by atoms with Gasteiger partial charge in [0, 0.05) is 12.8 Å². The molecule has 5 nitrogen and oxygen atoms in total. The van der Waals surface area contributed by atoms with Crippen molar-refractivity contribution in [3.63, 3.8) is 0 Å². The summed E-state index contributed by atoms with van der Waals surface area (Å²) >= 11 is 1.22. The van der Waals surface area contributed by atoms with Crippen molar-refractivity contribution >= 4 is 31.9 Å². The van der Waals surface area contributed by atoms with Crippen molar-refractivity contribution < 1.29 is 8.42 Å². The molecule has 1 aromatic rings. The van der Waals surface area contributed by atoms with Gasteiger partial charge in [-0.3, -0.25) is 0 Å². The maximum atomic E-state index is 10.8. The van der Waals surface area contributed by atoms with Crippen LogP contribution in [0.4, 0.5) is 10.7 Å². The number of rotatable bonds is 4. The van der Waals surface area contributed by atoms with Gasteiger partial charge in [-0.15, -0.1) is 11.3 Å². The molecule has 1 aromatic heterocycles. The van der Waals surface area contributed by atoms with Crippen LogP contribution in [-0.2, 0) is 9.84 Å². The second-order valence-corrected chi connectivity index (χ2v) is 6.38. The van der Waals surface area contributed by atoms with Crippen LogP contribution in [0.3, 0.4) is 0 Å². The number of anilines is 2. The molecule has 0 amide bonds. The molecule has 1 heterocycles. The molecule has 0 saturated heterocycles. The maximum absolute atomic E-state index is 10.8. The predicted octanol–water partition coefficient (Wildman–Crippen LogP) is 0.658. The van der Waals surface area contributed by atoms with Crippen LogP contribution in [0.1, 0.15) is 4.88 Å². The van der Waals surface area contributed by atoms with Crippen molar-refractivity contribution in [2.75, 3.05) is 29.6 Å². The van der Waals surface area contributed by atoms with Crippen molar-refractivity contribution in [2.45, 2.75) is 0 Å². The summed E-state index contributed by atoms with van der Waals surface area (Å²) in [5.41, 5.74) is 5.96.